The average Bonchev–Trinajstić information content (AvgIpc) is 3.28. The fraction of sp³-hybridized carbons (Fsp3) is 0.333. The largest absolute Gasteiger partial charge is 0.322 e. The summed E-state index contributed by atoms with van der Waals surface area (Å²) in [6, 6.07) is 7.70. The molecule has 25 heavy (non-hydrogen) atoms. The highest BCUT2D eigenvalue weighted by Gasteiger charge is 2.45. The van der Waals surface area contributed by atoms with Crippen LogP contribution in [0.15, 0.2) is 42.9 Å². The van der Waals surface area contributed by atoms with Gasteiger partial charge >= 0.3 is 0 Å². The standard InChI is InChI=1S/C21H22N4/c1-13-7-8-17-15(12-18-22-10-11-24(17)18)19(13)25-14(2)21(3,4)16-6-5-9-23-20(16)25/h5-11,14H,12H2,1-4H3/i3D3. The lowest BCUT2D eigenvalue weighted by Crippen LogP contribution is -2.37. The highest BCUT2D eigenvalue weighted by Crippen LogP contribution is 2.50. The van der Waals surface area contributed by atoms with Crippen molar-refractivity contribution in [2.45, 2.75) is 45.5 Å². The maximum Gasteiger partial charge on any atom is 0.137 e. The van der Waals surface area contributed by atoms with Crippen LogP contribution in [-0.2, 0) is 11.8 Å². The third-order valence-corrected chi connectivity index (χ3v) is 5.81. The van der Waals surface area contributed by atoms with Crippen molar-refractivity contribution in [2.24, 2.45) is 0 Å². The minimum atomic E-state index is -2.14. The van der Waals surface area contributed by atoms with Crippen molar-refractivity contribution in [3.8, 4) is 5.69 Å². The maximum atomic E-state index is 8.29. The van der Waals surface area contributed by atoms with E-state index in [2.05, 4.69) is 38.5 Å². The van der Waals surface area contributed by atoms with Gasteiger partial charge in [-0.15, -0.1) is 0 Å². The normalized spacial score (nSPS) is 25.8. The molecule has 0 amide bonds. The van der Waals surface area contributed by atoms with E-state index in [9.17, 15) is 0 Å². The summed E-state index contributed by atoms with van der Waals surface area (Å²) < 4.78 is 27.0. The van der Waals surface area contributed by atoms with Gasteiger partial charge in [0.1, 0.15) is 11.6 Å². The molecule has 0 fully saturated rings. The van der Waals surface area contributed by atoms with E-state index in [1.807, 2.05) is 38.4 Å². The number of pyridine rings is 1. The summed E-state index contributed by atoms with van der Waals surface area (Å²) in [6.45, 7) is 3.78. The van der Waals surface area contributed by atoms with Crippen molar-refractivity contribution in [3.63, 3.8) is 0 Å². The predicted octanol–water partition coefficient (Wildman–Crippen LogP) is 4.30. The summed E-state index contributed by atoms with van der Waals surface area (Å²) in [5, 5.41) is 0. The van der Waals surface area contributed by atoms with E-state index in [1.165, 1.54) is 5.56 Å². The first kappa shape index (κ1) is 11.9. The number of fused-ring (bicyclic) bond motifs is 4. The highest BCUT2D eigenvalue weighted by atomic mass is 15.3. The van der Waals surface area contributed by atoms with E-state index in [1.54, 1.807) is 6.20 Å². The van der Waals surface area contributed by atoms with E-state index in [-0.39, 0.29) is 6.04 Å². The first-order chi connectivity index (χ1) is 13.2. The first-order valence-electron chi connectivity index (χ1n) is 10.1. The molecule has 4 nitrogen and oxygen atoms in total. The molecule has 0 N–H and O–H groups in total. The van der Waals surface area contributed by atoms with E-state index in [4.69, 9.17) is 4.11 Å². The molecule has 0 spiro atoms. The molecule has 2 atom stereocenters. The van der Waals surface area contributed by atoms with Crippen LogP contribution in [0.5, 0.6) is 0 Å². The molecule has 2 aliphatic rings. The van der Waals surface area contributed by atoms with Gasteiger partial charge in [0.25, 0.3) is 0 Å². The first-order valence-corrected chi connectivity index (χ1v) is 8.65. The molecule has 4 heteroatoms. The van der Waals surface area contributed by atoms with Crippen LogP contribution >= 0.6 is 0 Å². The fourth-order valence-electron chi connectivity index (χ4n) is 4.28. The van der Waals surface area contributed by atoms with Crippen LogP contribution in [0.3, 0.4) is 0 Å². The molecule has 4 heterocycles. The van der Waals surface area contributed by atoms with Crippen LogP contribution in [-0.4, -0.2) is 20.6 Å². The van der Waals surface area contributed by atoms with Gasteiger partial charge in [-0.05, 0) is 31.5 Å². The van der Waals surface area contributed by atoms with Crippen molar-refractivity contribution in [1.29, 1.82) is 0 Å². The van der Waals surface area contributed by atoms with Gasteiger partial charge in [-0.2, -0.15) is 0 Å². The van der Waals surface area contributed by atoms with Gasteiger partial charge in [0.05, 0.1) is 11.4 Å². The number of anilines is 2. The third kappa shape index (κ3) is 1.77. The molecule has 126 valence electrons. The number of nitrogens with zero attached hydrogens (tertiary/aromatic N) is 4. The lowest BCUT2D eigenvalue weighted by Gasteiger charge is -2.33. The number of imidazole rings is 1. The number of aromatic nitrogens is 3. The summed E-state index contributed by atoms with van der Waals surface area (Å²) in [6.07, 6.45) is 6.27. The zero-order valence-corrected chi connectivity index (χ0v) is 14.6. The van der Waals surface area contributed by atoms with Gasteiger partial charge in [0, 0.05) is 51.7 Å². The average molecular weight is 333 g/mol. The van der Waals surface area contributed by atoms with Gasteiger partial charge in [0.15, 0.2) is 0 Å². The van der Waals surface area contributed by atoms with E-state index < -0.39 is 12.3 Å². The van der Waals surface area contributed by atoms with Gasteiger partial charge in [-0.3, -0.25) is 0 Å². The number of benzene rings is 1. The van der Waals surface area contributed by atoms with Gasteiger partial charge in [-0.1, -0.05) is 25.9 Å². The molecule has 0 saturated carbocycles. The van der Waals surface area contributed by atoms with E-state index in [0.29, 0.717) is 0 Å². The Morgan fingerprint density at radius 3 is 2.96 bits per heavy atom. The monoisotopic (exact) mass is 333 g/mol. The van der Waals surface area contributed by atoms with E-state index >= 15 is 0 Å². The molecule has 0 saturated heterocycles. The van der Waals surface area contributed by atoms with Crippen LogP contribution in [0.2, 0.25) is 0 Å². The Kier molecular flexibility index (Phi) is 2.24. The van der Waals surface area contributed by atoms with Gasteiger partial charge in [0.2, 0.25) is 0 Å². The van der Waals surface area contributed by atoms with Crippen molar-refractivity contribution in [2.75, 3.05) is 4.90 Å². The quantitative estimate of drug-likeness (QED) is 0.521. The molecule has 0 bridgehead atoms. The molecule has 1 aromatic carbocycles. The van der Waals surface area contributed by atoms with Crippen LogP contribution < -0.4 is 4.90 Å². The third-order valence-electron chi connectivity index (χ3n) is 5.81. The smallest absolute Gasteiger partial charge is 0.137 e. The molecular formula is C21H22N4. The highest BCUT2D eigenvalue weighted by molar-refractivity contribution is 5.79. The van der Waals surface area contributed by atoms with Crippen molar-refractivity contribution >= 4 is 11.5 Å². The summed E-state index contributed by atoms with van der Waals surface area (Å²) in [5.41, 5.74) is 4.25. The minimum absolute atomic E-state index is 0.261. The second-order valence-electron chi connectivity index (χ2n) is 7.24. The van der Waals surface area contributed by atoms with Crippen molar-refractivity contribution < 1.29 is 4.11 Å². The molecule has 3 aromatic rings. The van der Waals surface area contributed by atoms with Crippen LogP contribution in [0.25, 0.3) is 5.69 Å². The molecule has 0 aliphatic carbocycles. The predicted molar refractivity (Wildman–Crippen MR) is 100.0 cm³/mol. The van der Waals surface area contributed by atoms with E-state index in [0.717, 1.165) is 40.6 Å². The molecule has 0 radical (unpaired) electrons. The Bertz CT molecular complexity index is 1100. The van der Waals surface area contributed by atoms with Gasteiger partial charge < -0.3 is 9.47 Å². The SMILES string of the molecule is [2H]C([2H])([2H])C1(C)c2cccnc2N(c2c(C)ccc3c2Cc2nccn2-3)C1C. The molecular weight excluding hydrogens is 308 g/mol. The maximum absolute atomic E-state index is 8.29. The number of aryl methyl sites for hydroxylation is 1. The molecule has 5 rings (SSSR count). The van der Waals surface area contributed by atoms with Gasteiger partial charge in [-0.25, -0.2) is 9.97 Å². The topological polar surface area (TPSA) is 34.0 Å². The Labute approximate surface area is 152 Å². The second-order valence-corrected chi connectivity index (χ2v) is 7.24. The minimum Gasteiger partial charge on any atom is -0.322 e. The second kappa shape index (κ2) is 4.72. The Morgan fingerprint density at radius 1 is 1.24 bits per heavy atom. The zero-order chi connectivity index (χ0) is 19.8. The number of hydrogen-bond acceptors (Lipinski definition) is 3. The number of rotatable bonds is 1. The molecule has 2 aromatic heterocycles. The fourth-order valence-corrected chi connectivity index (χ4v) is 4.28. The van der Waals surface area contributed by atoms with Crippen LogP contribution in [0.4, 0.5) is 11.5 Å². The lowest BCUT2D eigenvalue weighted by molar-refractivity contribution is 0.461. The summed E-state index contributed by atoms with van der Waals surface area (Å²) in [5.74, 6) is 1.75. The van der Waals surface area contributed by atoms with Crippen molar-refractivity contribution in [1.82, 2.24) is 14.5 Å². The summed E-state index contributed by atoms with van der Waals surface area (Å²) in [4.78, 5) is 11.3. The van der Waals surface area contributed by atoms with Crippen LogP contribution in [0.1, 0.15) is 47.3 Å². The zero-order valence-electron chi connectivity index (χ0n) is 17.6. The summed E-state index contributed by atoms with van der Waals surface area (Å²) in [7, 11) is 0. The molecule has 2 unspecified atom stereocenters. The Hall–Kier alpha value is -2.62. The Morgan fingerprint density at radius 2 is 2.12 bits per heavy atom. The van der Waals surface area contributed by atoms with Crippen molar-refractivity contribution in [3.05, 3.63) is 65.4 Å². The molecule has 2 aliphatic heterocycles. The Balaban J connectivity index is 1.77. The summed E-state index contributed by atoms with van der Waals surface area (Å²) >= 11 is 0. The van der Waals surface area contributed by atoms with Crippen LogP contribution in [0, 0.1) is 6.92 Å². The lowest BCUT2D eigenvalue weighted by atomic mass is 9.82. The number of hydrogen-bond donors (Lipinski definition) is 0.